The first-order chi connectivity index (χ1) is 17.8. The lowest BCUT2D eigenvalue weighted by Gasteiger charge is -2.28. The van der Waals surface area contributed by atoms with Gasteiger partial charge in [0.25, 0.3) is 5.91 Å². The maximum Gasteiger partial charge on any atom is 0.573 e. The Kier molecular flexibility index (Phi) is 8.29. The molecule has 1 heterocycles. The van der Waals surface area contributed by atoms with Gasteiger partial charge in [0.05, 0.1) is 19.6 Å². The minimum Gasteiger partial charge on any atom is -0.496 e. The molecule has 3 rings (SSSR count). The lowest BCUT2D eigenvalue weighted by atomic mass is 9.96. The van der Waals surface area contributed by atoms with Crippen molar-refractivity contribution in [2.45, 2.75) is 31.8 Å². The number of halogens is 3. The normalized spacial score (nSPS) is 16.4. The van der Waals surface area contributed by atoms with E-state index in [1.54, 1.807) is 6.92 Å². The van der Waals surface area contributed by atoms with Crippen molar-refractivity contribution in [3.05, 3.63) is 59.8 Å². The standard InChI is InChI=1S/C25H24F3N3O7/c1-13-9-19(32)22(23(35)31(13)2)30-24(36)29-18(12-21(33)34)15-7-8-20(37-3)17(11-15)14-5-4-6-16(10-14)38-25(26,27)28/h4-11,18,22H,12H2,1-3H3,(H,33,34)(H2,29,30,36). The van der Waals surface area contributed by atoms with Gasteiger partial charge in [0.1, 0.15) is 11.5 Å². The zero-order valence-electron chi connectivity index (χ0n) is 20.5. The van der Waals surface area contributed by atoms with E-state index in [0.717, 1.165) is 12.1 Å². The molecule has 0 aliphatic carbocycles. The molecule has 13 heteroatoms. The van der Waals surface area contributed by atoms with Crippen molar-refractivity contribution >= 4 is 23.7 Å². The highest BCUT2D eigenvalue weighted by molar-refractivity contribution is 6.15. The smallest absolute Gasteiger partial charge is 0.496 e. The first-order valence-electron chi connectivity index (χ1n) is 11.1. The average Bonchev–Trinajstić information content (AvgIpc) is 2.83. The number of benzene rings is 2. The van der Waals surface area contributed by atoms with Gasteiger partial charge in [-0.15, -0.1) is 13.2 Å². The number of allylic oxidation sites excluding steroid dienone is 1. The minimum atomic E-state index is -4.90. The van der Waals surface area contributed by atoms with Gasteiger partial charge in [0.15, 0.2) is 11.8 Å². The molecular weight excluding hydrogens is 511 g/mol. The van der Waals surface area contributed by atoms with E-state index in [0.29, 0.717) is 11.3 Å². The number of methoxy groups -OCH3 is 1. The summed E-state index contributed by atoms with van der Waals surface area (Å²) in [7, 11) is 2.79. The Labute approximate surface area is 215 Å². The molecule has 2 aromatic carbocycles. The van der Waals surface area contributed by atoms with Crippen LogP contribution < -0.4 is 20.1 Å². The zero-order valence-corrected chi connectivity index (χ0v) is 20.5. The number of aliphatic carboxylic acids is 1. The number of nitrogens with one attached hydrogen (secondary N) is 2. The number of rotatable bonds is 8. The lowest BCUT2D eigenvalue weighted by Crippen LogP contribution is -2.56. The second kappa shape index (κ2) is 11.2. The van der Waals surface area contributed by atoms with Gasteiger partial charge in [-0.05, 0) is 42.3 Å². The van der Waals surface area contributed by atoms with Crippen LogP contribution in [-0.4, -0.2) is 60.3 Å². The predicted molar refractivity (Wildman–Crippen MR) is 127 cm³/mol. The minimum absolute atomic E-state index is 0.264. The van der Waals surface area contributed by atoms with Crippen LogP contribution in [-0.2, 0) is 14.4 Å². The topological polar surface area (TPSA) is 134 Å². The molecule has 10 nitrogen and oxygen atoms in total. The molecule has 1 aliphatic rings. The highest BCUT2D eigenvalue weighted by Gasteiger charge is 2.35. The summed E-state index contributed by atoms with van der Waals surface area (Å²) in [6.45, 7) is 1.56. The molecular formula is C25H24F3N3O7. The quantitative estimate of drug-likeness (QED) is 0.441. The molecule has 0 spiro atoms. The maximum absolute atomic E-state index is 12.7. The number of carbonyl (C=O) groups is 4. The molecule has 2 unspecified atom stereocenters. The monoisotopic (exact) mass is 535 g/mol. The van der Waals surface area contributed by atoms with E-state index in [1.165, 1.54) is 55.5 Å². The van der Waals surface area contributed by atoms with Gasteiger partial charge in [0.2, 0.25) is 0 Å². The van der Waals surface area contributed by atoms with Crippen molar-refractivity contribution in [1.29, 1.82) is 0 Å². The van der Waals surface area contributed by atoms with Crippen LogP contribution in [0.25, 0.3) is 11.1 Å². The Morgan fingerprint density at radius 2 is 1.87 bits per heavy atom. The Balaban J connectivity index is 1.91. The molecule has 38 heavy (non-hydrogen) atoms. The third-order valence-corrected chi connectivity index (χ3v) is 5.71. The Morgan fingerprint density at radius 1 is 1.16 bits per heavy atom. The number of hydrogen-bond acceptors (Lipinski definition) is 6. The van der Waals surface area contributed by atoms with E-state index in [9.17, 15) is 37.5 Å². The fraction of sp³-hybridized carbons (Fsp3) is 0.280. The summed E-state index contributed by atoms with van der Waals surface area (Å²) in [4.78, 5) is 50.2. The second-order valence-electron chi connectivity index (χ2n) is 8.32. The summed E-state index contributed by atoms with van der Waals surface area (Å²) in [6.07, 6.45) is -4.28. The van der Waals surface area contributed by atoms with Crippen LogP contribution in [0.1, 0.15) is 24.9 Å². The highest BCUT2D eigenvalue weighted by atomic mass is 19.4. The maximum atomic E-state index is 12.7. The van der Waals surface area contributed by atoms with Gasteiger partial charge < -0.3 is 30.1 Å². The summed E-state index contributed by atoms with van der Waals surface area (Å²) in [6, 6.07) is 5.89. The first kappa shape index (κ1) is 28.0. The van der Waals surface area contributed by atoms with Crippen LogP contribution in [0.5, 0.6) is 11.5 Å². The zero-order chi connectivity index (χ0) is 28.2. The van der Waals surface area contributed by atoms with Crippen LogP contribution in [0.15, 0.2) is 54.2 Å². The van der Waals surface area contributed by atoms with Crippen LogP contribution >= 0.6 is 0 Å². The Bertz CT molecular complexity index is 1290. The molecule has 0 fully saturated rings. The first-order valence-corrected chi connectivity index (χ1v) is 11.1. The number of nitrogens with zero attached hydrogens (tertiary/aromatic N) is 1. The molecule has 3 N–H and O–H groups in total. The number of urea groups is 1. The molecule has 3 amide bonds. The van der Waals surface area contributed by atoms with Crippen molar-refractivity contribution in [2.75, 3.05) is 14.2 Å². The van der Waals surface area contributed by atoms with Gasteiger partial charge in [-0.25, -0.2) is 4.79 Å². The Hall–Kier alpha value is -4.55. The highest BCUT2D eigenvalue weighted by Crippen LogP contribution is 2.36. The van der Waals surface area contributed by atoms with E-state index >= 15 is 0 Å². The van der Waals surface area contributed by atoms with Crippen LogP contribution in [0.4, 0.5) is 18.0 Å². The third-order valence-electron chi connectivity index (χ3n) is 5.71. The van der Waals surface area contributed by atoms with Crippen LogP contribution in [0.3, 0.4) is 0 Å². The van der Waals surface area contributed by atoms with Crippen molar-refractivity contribution < 1.29 is 46.9 Å². The Morgan fingerprint density at radius 3 is 2.50 bits per heavy atom. The van der Waals surface area contributed by atoms with Crippen LogP contribution in [0, 0.1) is 0 Å². The number of ketones is 1. The van der Waals surface area contributed by atoms with Crippen molar-refractivity contribution in [3.8, 4) is 22.6 Å². The fourth-order valence-electron chi connectivity index (χ4n) is 3.79. The largest absolute Gasteiger partial charge is 0.573 e. The molecule has 0 saturated carbocycles. The molecule has 2 atom stereocenters. The molecule has 0 aromatic heterocycles. The third kappa shape index (κ3) is 6.81. The lowest BCUT2D eigenvalue weighted by molar-refractivity contribution is -0.274. The van der Waals surface area contributed by atoms with Crippen molar-refractivity contribution in [3.63, 3.8) is 0 Å². The molecule has 0 saturated heterocycles. The van der Waals surface area contributed by atoms with E-state index in [2.05, 4.69) is 15.4 Å². The van der Waals surface area contributed by atoms with E-state index < -0.39 is 54.3 Å². The second-order valence-corrected chi connectivity index (χ2v) is 8.32. The summed E-state index contributed by atoms with van der Waals surface area (Å²) in [5.74, 6) is -2.77. The van der Waals surface area contributed by atoms with Gasteiger partial charge in [0, 0.05) is 24.4 Å². The number of hydrogen-bond donors (Lipinski definition) is 3. The molecule has 1 aliphatic heterocycles. The van der Waals surface area contributed by atoms with Gasteiger partial charge in [-0.2, -0.15) is 0 Å². The summed E-state index contributed by atoms with van der Waals surface area (Å²) in [5.41, 5.74) is 1.25. The SMILES string of the molecule is COc1ccc(C(CC(=O)O)NC(=O)NC2C(=O)C=C(C)N(C)C2=O)cc1-c1cccc(OC(F)(F)F)c1. The molecule has 2 aromatic rings. The summed E-state index contributed by atoms with van der Waals surface area (Å²) in [5, 5.41) is 14.1. The van der Waals surface area contributed by atoms with Crippen LogP contribution in [0.2, 0.25) is 0 Å². The van der Waals surface area contributed by atoms with E-state index in [-0.39, 0.29) is 16.9 Å². The molecule has 0 bridgehead atoms. The molecule has 202 valence electrons. The number of amides is 3. The number of alkyl halides is 3. The van der Waals surface area contributed by atoms with E-state index in [4.69, 9.17) is 4.74 Å². The van der Waals surface area contributed by atoms with Gasteiger partial charge >= 0.3 is 18.4 Å². The van der Waals surface area contributed by atoms with Crippen molar-refractivity contribution in [2.24, 2.45) is 0 Å². The van der Waals surface area contributed by atoms with Gasteiger partial charge in [-0.3, -0.25) is 14.4 Å². The van der Waals surface area contributed by atoms with E-state index in [1.807, 2.05) is 0 Å². The summed E-state index contributed by atoms with van der Waals surface area (Å²) >= 11 is 0. The number of carboxylic acid groups (broad SMARTS) is 1. The van der Waals surface area contributed by atoms with Crippen molar-refractivity contribution in [1.82, 2.24) is 15.5 Å². The number of carbonyl (C=O) groups excluding carboxylic acids is 3. The fourth-order valence-corrected chi connectivity index (χ4v) is 3.79. The van der Waals surface area contributed by atoms with Gasteiger partial charge in [-0.1, -0.05) is 18.2 Å². The molecule has 0 radical (unpaired) electrons. The number of likely N-dealkylation sites (N-methyl/N-ethyl adjacent to an activating group) is 1. The average molecular weight is 535 g/mol. The number of carboxylic acids is 1. The predicted octanol–water partition coefficient (Wildman–Crippen LogP) is 3.39. The number of ether oxygens (including phenoxy) is 2. The summed E-state index contributed by atoms with van der Waals surface area (Å²) < 4.78 is 47.4.